The van der Waals surface area contributed by atoms with E-state index in [1.807, 2.05) is 0 Å². The van der Waals surface area contributed by atoms with Gasteiger partial charge in [0.05, 0.1) is 12.7 Å². The topological polar surface area (TPSA) is 90.2 Å². The van der Waals surface area contributed by atoms with E-state index in [0.717, 1.165) is 32.1 Å². The summed E-state index contributed by atoms with van der Waals surface area (Å²) in [6.45, 7) is 4.46. The van der Waals surface area contributed by atoms with Gasteiger partial charge in [-0.25, -0.2) is 0 Å². The second kappa shape index (κ2) is 20.8. The first-order chi connectivity index (χ1) is 17.0. The third kappa shape index (κ3) is 14.4. The molecule has 0 bridgehead atoms. The summed E-state index contributed by atoms with van der Waals surface area (Å²) in [4.78, 5) is 0. The van der Waals surface area contributed by atoms with E-state index in [9.17, 15) is 20.4 Å². The Balaban J connectivity index is 2.14. The molecule has 35 heavy (non-hydrogen) atoms. The van der Waals surface area contributed by atoms with Crippen LogP contribution in [0.3, 0.4) is 0 Å². The number of aliphatic hydroxyl groups is 4. The third-order valence-electron chi connectivity index (χ3n) is 7.93. The van der Waals surface area contributed by atoms with Crippen LogP contribution in [-0.4, -0.2) is 57.0 Å². The maximum atomic E-state index is 10.9. The Labute approximate surface area is 217 Å². The minimum Gasteiger partial charge on any atom is -0.390 e. The monoisotopic (exact) mass is 500 g/mol. The average Bonchev–Trinajstić information content (AvgIpc) is 2.85. The smallest absolute Gasteiger partial charge is 0.116 e. The SMILES string of the molecule is CCCCCCCCCCCCC(O)[C@H]1OC[C@@](O)(CCCCCCCCCCCC)[C@@H](O)[C@H]1O. The predicted molar refractivity (Wildman–Crippen MR) is 146 cm³/mol. The molecule has 0 spiro atoms. The standard InChI is InChI=1S/C30H60O5/c1-3-5-7-9-11-13-15-17-19-21-23-26(31)28-27(32)29(33)30(34,25-35-28)24-22-20-18-16-14-12-10-8-6-4-2/h26-29,31-34H,3-25H2,1-2H3/t26?,27-,28+,29-,30-/m0/s1. The molecule has 1 aliphatic heterocycles. The van der Waals surface area contributed by atoms with Gasteiger partial charge < -0.3 is 25.2 Å². The molecule has 0 radical (unpaired) electrons. The Kier molecular flexibility index (Phi) is 19.5. The van der Waals surface area contributed by atoms with E-state index in [1.165, 1.54) is 96.3 Å². The van der Waals surface area contributed by atoms with E-state index in [-0.39, 0.29) is 6.61 Å². The van der Waals surface area contributed by atoms with Crippen LogP contribution in [0.2, 0.25) is 0 Å². The van der Waals surface area contributed by atoms with Crippen molar-refractivity contribution in [3.05, 3.63) is 0 Å². The van der Waals surface area contributed by atoms with Crippen LogP contribution in [0.15, 0.2) is 0 Å². The lowest BCUT2D eigenvalue weighted by Gasteiger charge is -2.45. The molecule has 0 saturated carbocycles. The molecule has 0 aromatic rings. The van der Waals surface area contributed by atoms with E-state index >= 15 is 0 Å². The summed E-state index contributed by atoms with van der Waals surface area (Å²) >= 11 is 0. The second-order valence-electron chi connectivity index (χ2n) is 11.3. The molecule has 1 fully saturated rings. The molecular weight excluding hydrogens is 440 g/mol. The van der Waals surface area contributed by atoms with Gasteiger partial charge in [0, 0.05) is 0 Å². The van der Waals surface area contributed by atoms with Crippen molar-refractivity contribution in [2.45, 2.75) is 185 Å². The first-order valence-electron chi connectivity index (χ1n) is 15.3. The largest absolute Gasteiger partial charge is 0.390 e. The zero-order chi connectivity index (χ0) is 25.8. The zero-order valence-electron chi connectivity index (χ0n) is 23.3. The summed E-state index contributed by atoms with van der Waals surface area (Å²) in [6, 6.07) is 0. The van der Waals surface area contributed by atoms with Crippen LogP contribution in [0, 0.1) is 0 Å². The van der Waals surface area contributed by atoms with Gasteiger partial charge >= 0.3 is 0 Å². The predicted octanol–water partition coefficient (Wildman–Crippen LogP) is 6.82. The van der Waals surface area contributed by atoms with Gasteiger partial charge in [-0.05, 0) is 12.8 Å². The lowest BCUT2D eigenvalue weighted by molar-refractivity contribution is -0.253. The highest BCUT2D eigenvalue weighted by atomic mass is 16.5. The molecule has 5 atom stereocenters. The molecule has 1 aliphatic rings. The van der Waals surface area contributed by atoms with E-state index in [4.69, 9.17) is 4.74 Å². The molecule has 0 aromatic heterocycles. The molecule has 0 aliphatic carbocycles. The molecule has 1 unspecified atom stereocenters. The lowest BCUT2D eigenvalue weighted by Crippen LogP contribution is -2.63. The molecule has 5 nitrogen and oxygen atoms in total. The number of unbranched alkanes of at least 4 members (excludes halogenated alkanes) is 18. The second-order valence-corrected chi connectivity index (χ2v) is 11.3. The van der Waals surface area contributed by atoms with E-state index in [2.05, 4.69) is 13.8 Å². The van der Waals surface area contributed by atoms with Gasteiger partial charge in [0.25, 0.3) is 0 Å². The third-order valence-corrected chi connectivity index (χ3v) is 7.93. The first-order valence-corrected chi connectivity index (χ1v) is 15.3. The van der Waals surface area contributed by atoms with Crippen LogP contribution in [0.1, 0.15) is 155 Å². The van der Waals surface area contributed by atoms with E-state index in [0.29, 0.717) is 12.8 Å². The molecule has 5 heteroatoms. The van der Waals surface area contributed by atoms with E-state index in [1.54, 1.807) is 0 Å². The molecule has 1 heterocycles. The van der Waals surface area contributed by atoms with Gasteiger partial charge in [0.15, 0.2) is 0 Å². The minimum atomic E-state index is -1.42. The van der Waals surface area contributed by atoms with Crippen LogP contribution in [0.5, 0.6) is 0 Å². The zero-order valence-corrected chi connectivity index (χ0v) is 23.3. The fourth-order valence-corrected chi connectivity index (χ4v) is 5.40. The number of hydrogen-bond donors (Lipinski definition) is 4. The molecular formula is C30H60O5. The molecule has 1 saturated heterocycles. The Bertz CT molecular complexity index is 472. The summed E-state index contributed by atoms with van der Waals surface area (Å²) in [5.74, 6) is 0. The number of aliphatic hydroxyl groups excluding tert-OH is 3. The van der Waals surface area contributed by atoms with Crippen molar-refractivity contribution in [2.75, 3.05) is 6.61 Å². The summed E-state index contributed by atoms with van der Waals surface area (Å²) in [5.41, 5.74) is -1.42. The van der Waals surface area contributed by atoms with Gasteiger partial charge in [-0.1, -0.05) is 142 Å². The van der Waals surface area contributed by atoms with Gasteiger partial charge in [0.1, 0.15) is 23.9 Å². The lowest BCUT2D eigenvalue weighted by atomic mass is 9.82. The van der Waals surface area contributed by atoms with Gasteiger partial charge in [0.2, 0.25) is 0 Å². The number of hydrogen-bond acceptors (Lipinski definition) is 5. The normalized spacial score (nSPS) is 25.7. The summed E-state index contributed by atoms with van der Waals surface area (Å²) in [6.07, 6.45) is 21.2. The first kappa shape index (κ1) is 32.8. The summed E-state index contributed by atoms with van der Waals surface area (Å²) < 4.78 is 5.71. The van der Waals surface area contributed by atoms with Crippen molar-refractivity contribution in [2.24, 2.45) is 0 Å². The van der Waals surface area contributed by atoms with Crippen LogP contribution in [0.4, 0.5) is 0 Å². The molecule has 210 valence electrons. The highest BCUT2D eigenvalue weighted by molar-refractivity contribution is 4.99. The highest BCUT2D eigenvalue weighted by Gasteiger charge is 2.49. The van der Waals surface area contributed by atoms with Crippen molar-refractivity contribution in [3.63, 3.8) is 0 Å². The molecule has 0 aromatic carbocycles. The average molecular weight is 501 g/mol. The van der Waals surface area contributed by atoms with Gasteiger partial charge in [-0.2, -0.15) is 0 Å². The van der Waals surface area contributed by atoms with Crippen LogP contribution in [0.25, 0.3) is 0 Å². The quantitative estimate of drug-likeness (QED) is 0.116. The highest BCUT2D eigenvalue weighted by Crippen LogP contribution is 2.31. The molecule has 4 N–H and O–H groups in total. The number of ether oxygens (including phenoxy) is 1. The summed E-state index contributed by atoms with van der Waals surface area (Å²) in [7, 11) is 0. The fourth-order valence-electron chi connectivity index (χ4n) is 5.40. The minimum absolute atomic E-state index is 0.0254. The summed E-state index contributed by atoms with van der Waals surface area (Å²) in [5, 5.41) is 42.6. The Hall–Kier alpha value is -0.200. The number of rotatable bonds is 23. The fraction of sp³-hybridized carbons (Fsp3) is 1.00. The van der Waals surface area contributed by atoms with Crippen LogP contribution >= 0.6 is 0 Å². The Morgan fingerprint density at radius 3 is 1.51 bits per heavy atom. The van der Waals surface area contributed by atoms with Gasteiger partial charge in [-0.3, -0.25) is 0 Å². The Morgan fingerprint density at radius 1 is 0.657 bits per heavy atom. The Morgan fingerprint density at radius 2 is 1.06 bits per heavy atom. The van der Waals surface area contributed by atoms with Crippen molar-refractivity contribution in [1.29, 1.82) is 0 Å². The molecule has 0 amide bonds. The molecule has 1 rings (SSSR count). The maximum absolute atomic E-state index is 10.9. The maximum Gasteiger partial charge on any atom is 0.116 e. The van der Waals surface area contributed by atoms with Crippen LogP contribution in [-0.2, 0) is 4.74 Å². The van der Waals surface area contributed by atoms with Crippen molar-refractivity contribution in [1.82, 2.24) is 0 Å². The van der Waals surface area contributed by atoms with Crippen molar-refractivity contribution in [3.8, 4) is 0 Å². The van der Waals surface area contributed by atoms with Crippen molar-refractivity contribution >= 4 is 0 Å². The van der Waals surface area contributed by atoms with Crippen LogP contribution < -0.4 is 0 Å². The van der Waals surface area contributed by atoms with Gasteiger partial charge in [-0.15, -0.1) is 0 Å². The van der Waals surface area contributed by atoms with E-state index < -0.39 is 30.0 Å². The van der Waals surface area contributed by atoms with Crippen molar-refractivity contribution < 1.29 is 25.2 Å².